The second-order valence-corrected chi connectivity index (χ2v) is 5.42. The van der Waals surface area contributed by atoms with E-state index < -0.39 is 0 Å². The number of pyridine rings is 1. The second kappa shape index (κ2) is 5.59. The second-order valence-electron chi connectivity index (χ2n) is 4.98. The van der Waals surface area contributed by atoms with Gasteiger partial charge in [0.25, 0.3) is 0 Å². The Hall–Kier alpha value is -1.94. The van der Waals surface area contributed by atoms with Gasteiger partial charge in [0.15, 0.2) is 0 Å². The van der Waals surface area contributed by atoms with Gasteiger partial charge in [-0.2, -0.15) is 4.98 Å². The lowest BCUT2D eigenvalue weighted by Gasteiger charge is -2.10. The molecule has 0 spiro atoms. The minimum absolute atomic E-state index is 0.490. The molecular weight excluding hydrogens is 274 g/mol. The summed E-state index contributed by atoms with van der Waals surface area (Å²) in [5.41, 5.74) is 7.31. The highest BCUT2D eigenvalue weighted by atomic mass is 35.5. The van der Waals surface area contributed by atoms with Crippen molar-refractivity contribution in [3.8, 4) is 5.88 Å². The van der Waals surface area contributed by atoms with E-state index in [9.17, 15) is 0 Å². The summed E-state index contributed by atoms with van der Waals surface area (Å²) in [6.07, 6.45) is 2.47. The van der Waals surface area contributed by atoms with E-state index in [1.165, 1.54) is 12.8 Å². The van der Waals surface area contributed by atoms with E-state index in [4.69, 9.17) is 22.1 Å². The van der Waals surface area contributed by atoms with Crippen molar-refractivity contribution in [2.24, 2.45) is 5.92 Å². The fourth-order valence-electron chi connectivity index (χ4n) is 1.83. The van der Waals surface area contributed by atoms with E-state index in [0.717, 1.165) is 5.69 Å². The number of aromatic nitrogens is 1. The molecule has 1 aromatic carbocycles. The highest BCUT2D eigenvalue weighted by Crippen LogP contribution is 2.31. The fraction of sp³-hybridized carbons (Fsp3) is 0.267. The first-order valence-electron chi connectivity index (χ1n) is 6.62. The smallest absolute Gasteiger partial charge is 0.239 e. The van der Waals surface area contributed by atoms with Crippen LogP contribution in [0.1, 0.15) is 12.8 Å². The molecule has 0 amide bonds. The van der Waals surface area contributed by atoms with Crippen LogP contribution in [0.25, 0.3) is 0 Å². The maximum absolute atomic E-state index is 5.95. The van der Waals surface area contributed by atoms with Gasteiger partial charge in [0.2, 0.25) is 5.88 Å². The van der Waals surface area contributed by atoms with Gasteiger partial charge in [-0.25, -0.2) is 0 Å². The Balaban J connectivity index is 1.73. The van der Waals surface area contributed by atoms with Crippen LogP contribution in [0.4, 0.5) is 17.2 Å². The monoisotopic (exact) mass is 289 g/mol. The average Bonchev–Trinajstić information content (AvgIpc) is 3.23. The molecule has 1 saturated carbocycles. The van der Waals surface area contributed by atoms with E-state index in [0.29, 0.717) is 34.9 Å². The van der Waals surface area contributed by atoms with E-state index in [2.05, 4.69) is 10.3 Å². The van der Waals surface area contributed by atoms with Gasteiger partial charge in [-0.3, -0.25) is 0 Å². The minimum atomic E-state index is 0.490. The zero-order valence-corrected chi connectivity index (χ0v) is 11.7. The lowest BCUT2D eigenvalue weighted by molar-refractivity contribution is 0.290. The number of ether oxygens (including phenoxy) is 1. The molecule has 20 heavy (non-hydrogen) atoms. The largest absolute Gasteiger partial charge is 0.476 e. The molecule has 1 heterocycles. The van der Waals surface area contributed by atoms with E-state index in [1.807, 2.05) is 30.3 Å². The van der Waals surface area contributed by atoms with E-state index >= 15 is 0 Å². The number of halogens is 1. The number of nitrogens with two attached hydrogens (primary N) is 1. The normalized spacial score (nSPS) is 14.1. The summed E-state index contributed by atoms with van der Waals surface area (Å²) in [4.78, 5) is 4.40. The van der Waals surface area contributed by atoms with Gasteiger partial charge < -0.3 is 15.8 Å². The number of nitrogen functional groups attached to an aromatic ring is 1. The Labute approximate surface area is 122 Å². The molecule has 1 aliphatic carbocycles. The van der Waals surface area contributed by atoms with Crippen LogP contribution in [0.5, 0.6) is 5.88 Å². The Kier molecular flexibility index (Phi) is 3.65. The van der Waals surface area contributed by atoms with Crippen molar-refractivity contribution in [1.29, 1.82) is 0 Å². The molecule has 0 aliphatic heterocycles. The van der Waals surface area contributed by atoms with Gasteiger partial charge in [0, 0.05) is 10.7 Å². The van der Waals surface area contributed by atoms with Crippen molar-refractivity contribution >= 4 is 28.8 Å². The molecule has 104 valence electrons. The molecule has 1 aliphatic rings. The van der Waals surface area contributed by atoms with Crippen molar-refractivity contribution in [3.05, 3.63) is 41.4 Å². The lowest BCUT2D eigenvalue weighted by atomic mass is 10.3. The summed E-state index contributed by atoms with van der Waals surface area (Å²) >= 11 is 5.95. The first-order chi connectivity index (χ1) is 9.70. The van der Waals surface area contributed by atoms with Crippen LogP contribution in [-0.4, -0.2) is 11.6 Å². The number of anilines is 3. The molecule has 0 saturated heterocycles. The van der Waals surface area contributed by atoms with Gasteiger partial charge >= 0.3 is 0 Å². The van der Waals surface area contributed by atoms with Crippen molar-refractivity contribution in [3.63, 3.8) is 0 Å². The number of hydrogen-bond acceptors (Lipinski definition) is 4. The fourth-order valence-corrected chi connectivity index (χ4v) is 2.02. The van der Waals surface area contributed by atoms with Crippen LogP contribution in [0, 0.1) is 5.92 Å². The topological polar surface area (TPSA) is 60.2 Å². The van der Waals surface area contributed by atoms with Crippen LogP contribution >= 0.6 is 11.6 Å². The number of rotatable bonds is 5. The van der Waals surface area contributed by atoms with Crippen LogP contribution in [-0.2, 0) is 0 Å². The Morgan fingerprint density at radius 1 is 1.30 bits per heavy atom. The molecule has 3 rings (SSSR count). The van der Waals surface area contributed by atoms with Crippen LogP contribution in [0.3, 0.4) is 0 Å². The summed E-state index contributed by atoms with van der Waals surface area (Å²) in [5.74, 6) is 1.84. The predicted molar refractivity (Wildman–Crippen MR) is 81.6 cm³/mol. The summed E-state index contributed by atoms with van der Waals surface area (Å²) in [6, 6.07) is 11.1. The van der Waals surface area contributed by atoms with E-state index in [-0.39, 0.29) is 0 Å². The van der Waals surface area contributed by atoms with Crippen molar-refractivity contribution < 1.29 is 4.74 Å². The molecule has 1 aromatic heterocycles. The van der Waals surface area contributed by atoms with E-state index in [1.54, 1.807) is 6.07 Å². The minimum Gasteiger partial charge on any atom is -0.476 e. The summed E-state index contributed by atoms with van der Waals surface area (Å²) < 4.78 is 5.66. The molecule has 0 unspecified atom stereocenters. The Bertz CT molecular complexity index is 614. The third-order valence-electron chi connectivity index (χ3n) is 3.14. The third kappa shape index (κ3) is 3.33. The first kappa shape index (κ1) is 13.1. The molecule has 0 atom stereocenters. The van der Waals surface area contributed by atoms with Gasteiger partial charge in [0.05, 0.1) is 12.3 Å². The summed E-state index contributed by atoms with van der Waals surface area (Å²) in [7, 11) is 0. The lowest BCUT2D eigenvalue weighted by Crippen LogP contribution is -2.05. The molecule has 0 radical (unpaired) electrons. The van der Waals surface area contributed by atoms with Crippen LogP contribution in [0.2, 0.25) is 5.02 Å². The Morgan fingerprint density at radius 3 is 2.90 bits per heavy atom. The molecule has 2 aromatic rings. The maximum Gasteiger partial charge on any atom is 0.239 e. The zero-order chi connectivity index (χ0) is 13.9. The maximum atomic E-state index is 5.95. The highest BCUT2D eigenvalue weighted by molar-refractivity contribution is 6.30. The van der Waals surface area contributed by atoms with Gasteiger partial charge in [0.1, 0.15) is 5.82 Å². The van der Waals surface area contributed by atoms with Gasteiger partial charge in [-0.15, -0.1) is 0 Å². The van der Waals surface area contributed by atoms with Crippen molar-refractivity contribution in [1.82, 2.24) is 4.98 Å². The molecule has 3 N–H and O–H groups in total. The zero-order valence-electron chi connectivity index (χ0n) is 11.0. The summed E-state index contributed by atoms with van der Waals surface area (Å²) in [5, 5.41) is 3.86. The molecule has 5 heteroatoms. The Morgan fingerprint density at radius 2 is 2.15 bits per heavy atom. The third-order valence-corrected chi connectivity index (χ3v) is 3.37. The molecule has 1 fully saturated rings. The number of nitrogens with zero attached hydrogens (tertiary/aromatic N) is 1. The summed E-state index contributed by atoms with van der Waals surface area (Å²) in [6.45, 7) is 0.692. The number of benzene rings is 1. The quantitative estimate of drug-likeness (QED) is 0.878. The number of nitrogens with one attached hydrogen (secondary N) is 1. The van der Waals surface area contributed by atoms with Gasteiger partial charge in [-0.05, 0) is 49.1 Å². The average molecular weight is 290 g/mol. The molecular formula is C15H16ClN3O. The number of hydrogen-bond donors (Lipinski definition) is 2. The SMILES string of the molecule is Nc1ccc(Nc2cccc(Cl)c2)nc1OCC1CC1. The van der Waals surface area contributed by atoms with Crippen LogP contribution < -0.4 is 15.8 Å². The molecule has 0 bridgehead atoms. The standard InChI is InChI=1S/C15H16ClN3O/c16-11-2-1-3-12(8-11)18-14-7-6-13(17)15(19-14)20-9-10-4-5-10/h1-3,6-8,10H,4-5,9,17H2,(H,18,19). The highest BCUT2D eigenvalue weighted by Gasteiger charge is 2.22. The molecule has 4 nitrogen and oxygen atoms in total. The van der Waals surface area contributed by atoms with Crippen molar-refractivity contribution in [2.75, 3.05) is 17.7 Å². The predicted octanol–water partition coefficient (Wildman–Crippen LogP) is 3.85. The van der Waals surface area contributed by atoms with Crippen molar-refractivity contribution in [2.45, 2.75) is 12.8 Å². The van der Waals surface area contributed by atoms with Gasteiger partial charge in [-0.1, -0.05) is 17.7 Å². The van der Waals surface area contributed by atoms with Crippen LogP contribution in [0.15, 0.2) is 36.4 Å². The first-order valence-corrected chi connectivity index (χ1v) is 7.00.